The molecular weight excluding hydrogens is 307 g/mol. The monoisotopic (exact) mass is 319 g/mol. The number of alkyl halides is 3. The SMILES string of the molecule is O=C(O)C1CSC(Cc2ccccc2C(F)(F)F)C(=O)N1. The van der Waals surface area contributed by atoms with Gasteiger partial charge in [-0.25, -0.2) is 4.79 Å². The van der Waals surface area contributed by atoms with Gasteiger partial charge in [0.2, 0.25) is 5.91 Å². The van der Waals surface area contributed by atoms with Crippen molar-refractivity contribution in [1.82, 2.24) is 5.32 Å². The van der Waals surface area contributed by atoms with Crippen molar-refractivity contribution in [3.05, 3.63) is 35.4 Å². The maximum atomic E-state index is 12.9. The number of hydrogen-bond acceptors (Lipinski definition) is 3. The molecule has 1 aromatic rings. The van der Waals surface area contributed by atoms with Crippen molar-refractivity contribution in [2.24, 2.45) is 0 Å². The van der Waals surface area contributed by atoms with E-state index in [1.165, 1.54) is 18.2 Å². The normalized spacial score (nSPS) is 22.7. The average Bonchev–Trinajstić information content (AvgIpc) is 2.40. The lowest BCUT2D eigenvalue weighted by atomic mass is 10.0. The molecular formula is C13H12F3NO3S. The molecule has 0 bridgehead atoms. The maximum absolute atomic E-state index is 12.9. The number of thioether (sulfide) groups is 1. The van der Waals surface area contributed by atoms with Crippen LogP contribution in [0.25, 0.3) is 0 Å². The van der Waals surface area contributed by atoms with Gasteiger partial charge in [-0.05, 0) is 18.1 Å². The Morgan fingerprint density at radius 1 is 1.38 bits per heavy atom. The lowest BCUT2D eigenvalue weighted by Crippen LogP contribution is -2.51. The van der Waals surface area contributed by atoms with Gasteiger partial charge in [0.15, 0.2) is 0 Å². The molecule has 21 heavy (non-hydrogen) atoms. The standard InChI is InChI=1S/C13H12F3NO3S/c14-13(15,16)8-4-2-1-3-7(8)5-10-11(18)17-9(6-21-10)12(19)20/h1-4,9-10H,5-6H2,(H,17,18)(H,19,20). The van der Waals surface area contributed by atoms with Crippen molar-refractivity contribution >= 4 is 23.6 Å². The molecule has 4 nitrogen and oxygen atoms in total. The van der Waals surface area contributed by atoms with Crippen molar-refractivity contribution in [3.63, 3.8) is 0 Å². The third-order valence-corrected chi connectivity index (χ3v) is 4.41. The highest BCUT2D eigenvalue weighted by Crippen LogP contribution is 2.33. The quantitative estimate of drug-likeness (QED) is 0.893. The largest absolute Gasteiger partial charge is 0.480 e. The van der Waals surface area contributed by atoms with Crippen LogP contribution in [0.3, 0.4) is 0 Å². The van der Waals surface area contributed by atoms with Gasteiger partial charge < -0.3 is 10.4 Å². The third kappa shape index (κ3) is 3.69. The number of benzene rings is 1. The lowest BCUT2D eigenvalue weighted by molar-refractivity contribution is -0.141. The Hall–Kier alpha value is -1.70. The van der Waals surface area contributed by atoms with Crippen LogP contribution in [-0.4, -0.2) is 34.0 Å². The zero-order valence-electron chi connectivity index (χ0n) is 10.7. The minimum absolute atomic E-state index is 0.0337. The summed E-state index contributed by atoms with van der Waals surface area (Å²) in [6.07, 6.45) is -4.56. The molecule has 1 fully saturated rings. The smallest absolute Gasteiger partial charge is 0.416 e. The first-order valence-corrected chi connectivity index (χ1v) is 7.14. The molecule has 2 unspecified atom stereocenters. The van der Waals surface area contributed by atoms with E-state index in [4.69, 9.17) is 5.11 Å². The van der Waals surface area contributed by atoms with Crippen LogP contribution in [0.15, 0.2) is 24.3 Å². The first-order valence-electron chi connectivity index (χ1n) is 6.09. The van der Waals surface area contributed by atoms with E-state index in [1.807, 2.05) is 0 Å². The van der Waals surface area contributed by atoms with Crippen molar-refractivity contribution in [2.75, 3.05) is 5.75 Å². The van der Waals surface area contributed by atoms with Gasteiger partial charge in [0.1, 0.15) is 6.04 Å². The molecule has 0 aromatic heterocycles. The molecule has 1 amide bonds. The van der Waals surface area contributed by atoms with E-state index in [0.29, 0.717) is 0 Å². The molecule has 1 aliphatic rings. The predicted octanol–water partition coefficient (Wildman–Crippen LogP) is 1.93. The Labute approximate surface area is 122 Å². The molecule has 1 aliphatic heterocycles. The minimum atomic E-state index is -4.48. The van der Waals surface area contributed by atoms with Crippen molar-refractivity contribution in [2.45, 2.75) is 23.9 Å². The first kappa shape index (κ1) is 15.7. The zero-order chi connectivity index (χ0) is 15.6. The second-order valence-corrected chi connectivity index (χ2v) is 5.82. The molecule has 1 aromatic carbocycles. The minimum Gasteiger partial charge on any atom is -0.480 e. The van der Waals surface area contributed by atoms with Crippen molar-refractivity contribution in [1.29, 1.82) is 0 Å². The molecule has 0 spiro atoms. The van der Waals surface area contributed by atoms with E-state index in [9.17, 15) is 22.8 Å². The van der Waals surface area contributed by atoms with Crippen LogP contribution in [0.1, 0.15) is 11.1 Å². The van der Waals surface area contributed by atoms with Crippen LogP contribution in [0, 0.1) is 0 Å². The fraction of sp³-hybridized carbons (Fsp3) is 0.385. The van der Waals surface area contributed by atoms with E-state index in [1.54, 1.807) is 0 Å². The summed E-state index contributed by atoms with van der Waals surface area (Å²) in [6.45, 7) is 0. The predicted molar refractivity (Wildman–Crippen MR) is 71.0 cm³/mol. The van der Waals surface area contributed by atoms with Gasteiger partial charge in [0.05, 0.1) is 10.8 Å². The molecule has 114 valence electrons. The molecule has 0 aliphatic carbocycles. The number of carbonyl (C=O) groups excluding carboxylic acids is 1. The van der Waals surface area contributed by atoms with Gasteiger partial charge in [0, 0.05) is 5.75 Å². The van der Waals surface area contributed by atoms with Crippen LogP contribution in [-0.2, 0) is 22.2 Å². The van der Waals surface area contributed by atoms with Crippen LogP contribution in [0.4, 0.5) is 13.2 Å². The van der Waals surface area contributed by atoms with Gasteiger partial charge in [-0.1, -0.05) is 18.2 Å². The number of carboxylic acid groups (broad SMARTS) is 1. The number of amides is 1. The second-order valence-electron chi connectivity index (χ2n) is 4.58. The van der Waals surface area contributed by atoms with Gasteiger partial charge in [-0.15, -0.1) is 11.8 Å². The Morgan fingerprint density at radius 2 is 2.05 bits per heavy atom. The zero-order valence-corrected chi connectivity index (χ0v) is 11.5. The summed E-state index contributed by atoms with van der Waals surface area (Å²) in [5, 5.41) is 10.4. The lowest BCUT2D eigenvalue weighted by Gasteiger charge is -2.27. The van der Waals surface area contributed by atoms with Crippen LogP contribution < -0.4 is 5.32 Å². The summed E-state index contributed by atoms with van der Waals surface area (Å²) in [6, 6.07) is 4.09. The molecule has 2 rings (SSSR count). The van der Waals surface area contributed by atoms with Crippen molar-refractivity contribution < 1.29 is 27.9 Å². The van der Waals surface area contributed by atoms with Gasteiger partial charge in [-0.3, -0.25) is 4.79 Å². The van der Waals surface area contributed by atoms with E-state index in [0.717, 1.165) is 17.8 Å². The molecule has 2 atom stereocenters. The number of rotatable bonds is 3. The molecule has 0 radical (unpaired) electrons. The average molecular weight is 319 g/mol. The van der Waals surface area contributed by atoms with Gasteiger partial charge in [0.25, 0.3) is 0 Å². The Kier molecular flexibility index (Phi) is 4.46. The summed E-state index contributed by atoms with van der Waals surface area (Å²) in [5.41, 5.74) is -0.731. The first-order chi connectivity index (χ1) is 9.79. The number of carboxylic acids is 1. The fourth-order valence-corrected chi connectivity index (χ4v) is 3.22. The van der Waals surface area contributed by atoms with E-state index in [2.05, 4.69) is 5.32 Å². The van der Waals surface area contributed by atoms with Crippen LogP contribution in [0.2, 0.25) is 0 Å². The third-order valence-electron chi connectivity index (χ3n) is 3.10. The maximum Gasteiger partial charge on any atom is 0.416 e. The van der Waals surface area contributed by atoms with E-state index in [-0.39, 0.29) is 17.7 Å². The fourth-order valence-electron chi connectivity index (χ4n) is 2.05. The highest BCUT2D eigenvalue weighted by atomic mass is 32.2. The number of carbonyl (C=O) groups is 2. The highest BCUT2D eigenvalue weighted by molar-refractivity contribution is 8.00. The molecule has 1 saturated heterocycles. The number of hydrogen-bond donors (Lipinski definition) is 2. The number of nitrogens with one attached hydrogen (secondary N) is 1. The van der Waals surface area contributed by atoms with Crippen molar-refractivity contribution in [3.8, 4) is 0 Å². The Bertz CT molecular complexity index is 562. The number of aliphatic carboxylic acids is 1. The van der Waals surface area contributed by atoms with E-state index >= 15 is 0 Å². The Balaban J connectivity index is 2.13. The second kappa shape index (κ2) is 5.97. The molecule has 8 heteroatoms. The molecule has 0 saturated carbocycles. The number of halogens is 3. The summed E-state index contributed by atoms with van der Waals surface area (Å²) >= 11 is 1.06. The van der Waals surface area contributed by atoms with Gasteiger partial charge >= 0.3 is 12.1 Å². The Morgan fingerprint density at radius 3 is 2.62 bits per heavy atom. The molecule has 2 N–H and O–H groups in total. The van der Waals surface area contributed by atoms with Gasteiger partial charge in [-0.2, -0.15) is 13.2 Å². The molecule has 1 heterocycles. The topological polar surface area (TPSA) is 66.4 Å². The summed E-state index contributed by atoms with van der Waals surface area (Å²) < 4.78 is 38.6. The van der Waals surface area contributed by atoms with E-state index < -0.39 is 34.9 Å². The summed E-state index contributed by atoms with van der Waals surface area (Å²) in [4.78, 5) is 22.6. The van der Waals surface area contributed by atoms with Crippen LogP contribution in [0.5, 0.6) is 0 Å². The van der Waals surface area contributed by atoms with Crippen LogP contribution >= 0.6 is 11.8 Å². The summed E-state index contributed by atoms with van der Waals surface area (Å²) in [5.74, 6) is -1.56. The highest BCUT2D eigenvalue weighted by Gasteiger charge is 2.36. The summed E-state index contributed by atoms with van der Waals surface area (Å²) in [7, 11) is 0.